The Balaban J connectivity index is 1.25. The van der Waals surface area contributed by atoms with Crippen LogP contribution in [0.3, 0.4) is 0 Å². The van der Waals surface area contributed by atoms with Gasteiger partial charge in [0.2, 0.25) is 0 Å². The Kier molecular flexibility index (Phi) is 7.14. The van der Waals surface area contributed by atoms with Gasteiger partial charge in [0, 0.05) is 50.1 Å². The number of ether oxygens (including phenoxy) is 1. The molecule has 1 aromatic carbocycles. The number of hydrogen-bond donors (Lipinski definition) is 3. The van der Waals surface area contributed by atoms with E-state index < -0.39 is 14.2 Å². The van der Waals surface area contributed by atoms with Crippen molar-refractivity contribution in [3.63, 3.8) is 0 Å². The number of anilines is 1. The second kappa shape index (κ2) is 10.5. The highest BCUT2D eigenvalue weighted by atomic mass is 35.5. The van der Waals surface area contributed by atoms with Crippen LogP contribution in [0.4, 0.5) is 10.6 Å². The van der Waals surface area contributed by atoms with Gasteiger partial charge in [-0.2, -0.15) is 0 Å². The quantitative estimate of drug-likeness (QED) is 0.174. The standard InChI is InChI=1S/C27H33ClN6O4SSi/c1-40(2,3)9-8-38-14-33-20-7-6-18(22(28)24(20)39-27(33)37)19-12-30-25-23(19)29-13-21(32-25)34-16-4-5-17(34)11-15(10-16)31-26(35)36/h6-7,12-13,15-17,31H,4-5,8-11,14H2,1-3H3,(H,30,32)(H,35,36)/t15?,16-,17+. The Morgan fingerprint density at radius 1 is 1.25 bits per heavy atom. The first-order valence-electron chi connectivity index (χ1n) is 13.6. The van der Waals surface area contributed by atoms with Crippen LogP contribution >= 0.6 is 22.9 Å². The molecule has 0 spiro atoms. The van der Waals surface area contributed by atoms with Crippen molar-refractivity contribution in [1.82, 2.24) is 24.8 Å². The van der Waals surface area contributed by atoms with E-state index in [2.05, 4.69) is 34.8 Å². The van der Waals surface area contributed by atoms with E-state index in [-0.39, 0.29) is 29.7 Å². The predicted molar refractivity (Wildman–Crippen MR) is 162 cm³/mol. The number of nitrogens with one attached hydrogen (secondary N) is 2. The maximum atomic E-state index is 12.8. The van der Waals surface area contributed by atoms with Crippen LogP contribution in [0.2, 0.25) is 30.7 Å². The van der Waals surface area contributed by atoms with Crippen molar-refractivity contribution in [3.05, 3.63) is 39.2 Å². The van der Waals surface area contributed by atoms with Crippen LogP contribution in [0.15, 0.2) is 29.3 Å². The Labute approximate surface area is 241 Å². The van der Waals surface area contributed by atoms with Crippen molar-refractivity contribution in [1.29, 1.82) is 0 Å². The summed E-state index contributed by atoms with van der Waals surface area (Å²) in [5, 5.41) is 12.3. The number of fused-ring (bicyclic) bond motifs is 4. The molecule has 0 aliphatic carbocycles. The number of piperidine rings is 1. The van der Waals surface area contributed by atoms with Crippen molar-refractivity contribution in [3.8, 4) is 11.1 Å². The van der Waals surface area contributed by atoms with E-state index in [1.54, 1.807) is 10.8 Å². The molecule has 0 radical (unpaired) electrons. The summed E-state index contributed by atoms with van der Waals surface area (Å²) in [6.45, 7) is 7.75. The van der Waals surface area contributed by atoms with Gasteiger partial charge in [0.1, 0.15) is 18.1 Å². The highest BCUT2D eigenvalue weighted by Gasteiger charge is 2.42. The lowest BCUT2D eigenvalue weighted by Crippen LogP contribution is -2.50. The number of carbonyl (C=O) groups is 1. The molecule has 3 N–H and O–H groups in total. The molecule has 212 valence electrons. The third-order valence-electron chi connectivity index (χ3n) is 7.98. The van der Waals surface area contributed by atoms with Crippen molar-refractivity contribution >= 4 is 64.3 Å². The number of benzene rings is 1. The van der Waals surface area contributed by atoms with Crippen LogP contribution in [0.25, 0.3) is 32.5 Å². The minimum Gasteiger partial charge on any atom is -0.465 e. The van der Waals surface area contributed by atoms with Crippen LogP contribution < -0.4 is 15.1 Å². The van der Waals surface area contributed by atoms with Crippen molar-refractivity contribution < 1.29 is 14.6 Å². The van der Waals surface area contributed by atoms with Crippen molar-refractivity contribution in [2.45, 2.75) is 76.2 Å². The van der Waals surface area contributed by atoms with Gasteiger partial charge in [-0.3, -0.25) is 9.36 Å². The number of halogens is 1. The van der Waals surface area contributed by atoms with Crippen LogP contribution in [0.1, 0.15) is 25.7 Å². The first-order valence-corrected chi connectivity index (χ1v) is 18.5. The van der Waals surface area contributed by atoms with Gasteiger partial charge in [-0.1, -0.05) is 48.6 Å². The molecule has 10 nitrogen and oxygen atoms in total. The summed E-state index contributed by atoms with van der Waals surface area (Å²) in [6, 6.07) is 5.33. The highest BCUT2D eigenvalue weighted by molar-refractivity contribution is 7.17. The van der Waals surface area contributed by atoms with Crippen molar-refractivity contribution in [2.24, 2.45) is 0 Å². The molecule has 2 saturated heterocycles. The third kappa shape index (κ3) is 5.13. The van der Waals surface area contributed by atoms with E-state index in [4.69, 9.17) is 31.4 Å². The predicted octanol–water partition coefficient (Wildman–Crippen LogP) is 5.73. The van der Waals surface area contributed by atoms with Gasteiger partial charge in [-0.15, -0.1) is 0 Å². The van der Waals surface area contributed by atoms with Gasteiger partial charge >= 0.3 is 11.0 Å². The molecular weight excluding hydrogens is 568 g/mol. The van der Waals surface area contributed by atoms with E-state index >= 15 is 0 Å². The van der Waals surface area contributed by atoms with Gasteiger partial charge in [-0.25, -0.2) is 14.8 Å². The smallest absolute Gasteiger partial charge is 0.404 e. The molecule has 2 aliphatic heterocycles. The van der Waals surface area contributed by atoms with E-state index in [0.29, 0.717) is 22.8 Å². The Morgan fingerprint density at radius 2 is 2.00 bits per heavy atom. The number of aromatic nitrogens is 4. The molecule has 6 rings (SSSR count). The summed E-state index contributed by atoms with van der Waals surface area (Å²) in [4.78, 5) is 39.1. The second-order valence-electron chi connectivity index (χ2n) is 12.0. The zero-order valence-electron chi connectivity index (χ0n) is 22.7. The molecule has 2 aliphatic rings. The fraction of sp³-hybridized carbons (Fsp3) is 0.481. The molecule has 3 aromatic heterocycles. The summed E-state index contributed by atoms with van der Waals surface area (Å²) < 4.78 is 8.22. The first kappa shape index (κ1) is 27.2. The van der Waals surface area contributed by atoms with E-state index in [1.807, 2.05) is 18.3 Å². The lowest BCUT2D eigenvalue weighted by atomic mass is 9.97. The normalized spacial score (nSPS) is 21.0. The van der Waals surface area contributed by atoms with Crippen molar-refractivity contribution in [2.75, 3.05) is 11.5 Å². The number of nitrogens with zero attached hydrogens (tertiary/aromatic N) is 4. The molecular formula is C27H33ClN6O4SSi. The van der Waals surface area contributed by atoms with E-state index in [9.17, 15) is 9.59 Å². The minimum atomic E-state index is -1.21. The maximum absolute atomic E-state index is 12.8. The number of H-pyrrole nitrogens is 1. The summed E-state index contributed by atoms with van der Waals surface area (Å²) in [7, 11) is -1.21. The molecule has 2 bridgehead atoms. The Bertz CT molecular complexity index is 1630. The molecule has 5 heterocycles. The van der Waals surface area contributed by atoms with Crippen LogP contribution in [0.5, 0.6) is 0 Å². The van der Waals surface area contributed by atoms with E-state index in [0.717, 1.165) is 70.2 Å². The molecule has 3 atom stereocenters. The van der Waals surface area contributed by atoms with Gasteiger partial charge in [0.25, 0.3) is 0 Å². The topological polar surface area (TPSA) is 125 Å². The summed E-state index contributed by atoms with van der Waals surface area (Å²) in [5.41, 5.74) is 3.75. The first-order chi connectivity index (χ1) is 19.1. The fourth-order valence-corrected chi connectivity index (χ4v) is 8.07. The highest BCUT2D eigenvalue weighted by Crippen LogP contribution is 2.41. The Hall–Kier alpha value is -2.93. The molecule has 1 amide bonds. The molecule has 2 fully saturated rings. The van der Waals surface area contributed by atoms with Gasteiger partial charge in [-0.05, 0) is 37.8 Å². The minimum absolute atomic E-state index is 0.0284. The summed E-state index contributed by atoms with van der Waals surface area (Å²) >= 11 is 8.02. The SMILES string of the molecule is C[Si](C)(C)CCOCn1c(=O)sc2c(Cl)c(-c3c[nH]c4nc(N5[C@@H]6CC[C@H]5CC(NC(=O)O)C6)cnc34)ccc21. The van der Waals surface area contributed by atoms with Crippen LogP contribution in [0, 0.1) is 0 Å². The zero-order valence-corrected chi connectivity index (χ0v) is 25.3. The Morgan fingerprint density at radius 3 is 2.70 bits per heavy atom. The third-order valence-corrected chi connectivity index (χ3v) is 11.2. The number of carboxylic acid groups (broad SMARTS) is 1. The van der Waals surface area contributed by atoms with Gasteiger partial charge in [0.15, 0.2) is 5.65 Å². The molecule has 40 heavy (non-hydrogen) atoms. The average Bonchev–Trinajstić information content (AvgIpc) is 3.53. The number of thiazole rings is 1. The molecule has 1 unspecified atom stereocenters. The largest absolute Gasteiger partial charge is 0.465 e. The number of rotatable bonds is 8. The zero-order chi connectivity index (χ0) is 28.2. The van der Waals surface area contributed by atoms with Gasteiger partial charge < -0.3 is 25.0 Å². The maximum Gasteiger partial charge on any atom is 0.404 e. The molecule has 0 saturated carbocycles. The van der Waals surface area contributed by atoms with Crippen LogP contribution in [-0.2, 0) is 11.5 Å². The lowest BCUT2D eigenvalue weighted by molar-refractivity contribution is 0.0888. The van der Waals surface area contributed by atoms with E-state index in [1.165, 1.54) is 0 Å². The average molecular weight is 601 g/mol. The summed E-state index contributed by atoms with van der Waals surface area (Å²) in [6.07, 6.45) is 6.25. The lowest BCUT2D eigenvalue weighted by Gasteiger charge is -2.39. The monoisotopic (exact) mass is 600 g/mol. The second-order valence-corrected chi connectivity index (χ2v) is 18.9. The number of amides is 1. The fourth-order valence-electron chi connectivity index (χ4n) is 6.02. The molecule has 13 heteroatoms. The summed E-state index contributed by atoms with van der Waals surface area (Å²) in [5.74, 6) is 0.799. The van der Waals surface area contributed by atoms with Gasteiger partial charge in [0.05, 0.1) is 21.4 Å². The number of hydrogen-bond acceptors (Lipinski definition) is 7. The molecule has 4 aromatic rings. The number of aromatic amines is 1. The van der Waals surface area contributed by atoms with Crippen LogP contribution in [-0.4, -0.2) is 63.5 Å².